The van der Waals surface area contributed by atoms with Crippen molar-refractivity contribution in [1.82, 2.24) is 10.2 Å². The van der Waals surface area contributed by atoms with E-state index >= 15 is 0 Å². The number of unbranched alkanes of at least 4 members (excludes halogenated alkanes) is 1. The molecule has 0 aromatic heterocycles. The number of carbonyl (C=O) groups excluding carboxylic acids is 3. The fourth-order valence-electron chi connectivity index (χ4n) is 5.19. The number of para-hydroxylation sites is 1. The highest BCUT2D eigenvalue weighted by Gasteiger charge is 2.40. The number of amides is 2. The van der Waals surface area contributed by atoms with E-state index in [1.165, 1.54) is 0 Å². The number of rotatable bonds is 12. The predicted octanol–water partition coefficient (Wildman–Crippen LogP) is 5.28. The van der Waals surface area contributed by atoms with Gasteiger partial charge < -0.3 is 20.7 Å². The normalized spacial score (nSPS) is 16.6. The van der Waals surface area contributed by atoms with Crippen molar-refractivity contribution in [3.05, 3.63) is 131 Å². The monoisotopic (exact) mass is 561 g/mol. The molecular weight excluding hydrogens is 526 g/mol. The molecule has 1 heterocycles. The van der Waals surface area contributed by atoms with Crippen LogP contribution < -0.4 is 15.8 Å². The van der Waals surface area contributed by atoms with Crippen molar-refractivity contribution in [3.63, 3.8) is 0 Å². The third-order valence-electron chi connectivity index (χ3n) is 7.46. The molecule has 0 bridgehead atoms. The van der Waals surface area contributed by atoms with Crippen LogP contribution in [0.25, 0.3) is 0 Å². The van der Waals surface area contributed by atoms with Gasteiger partial charge in [-0.15, -0.1) is 0 Å². The molecule has 1 aliphatic heterocycles. The van der Waals surface area contributed by atoms with Crippen LogP contribution in [0.15, 0.2) is 109 Å². The smallest absolute Gasteiger partial charge is 0.246 e. The summed E-state index contributed by atoms with van der Waals surface area (Å²) in [5, 5.41) is 2.96. The number of nitrogens with zero attached hydrogens (tertiary/aromatic N) is 1. The molecule has 1 aliphatic rings. The van der Waals surface area contributed by atoms with E-state index in [0.29, 0.717) is 42.8 Å². The van der Waals surface area contributed by atoms with Crippen molar-refractivity contribution in [2.45, 2.75) is 44.3 Å². The topological polar surface area (TPSA) is 102 Å². The van der Waals surface area contributed by atoms with E-state index in [2.05, 4.69) is 5.32 Å². The Morgan fingerprint density at radius 1 is 0.738 bits per heavy atom. The minimum Gasteiger partial charge on any atom is -0.457 e. The summed E-state index contributed by atoms with van der Waals surface area (Å²) in [5.74, 6) is 1.10. The van der Waals surface area contributed by atoms with Gasteiger partial charge in [-0.25, -0.2) is 0 Å². The van der Waals surface area contributed by atoms with Crippen LogP contribution in [0.4, 0.5) is 0 Å². The Morgan fingerprint density at radius 3 is 2.00 bits per heavy atom. The number of hydrogen-bond acceptors (Lipinski definition) is 5. The zero-order valence-electron chi connectivity index (χ0n) is 23.4. The lowest BCUT2D eigenvalue weighted by atomic mass is 9.95. The van der Waals surface area contributed by atoms with E-state index in [1.54, 1.807) is 29.2 Å². The molecule has 7 nitrogen and oxygen atoms in total. The Hall–Kier alpha value is -4.75. The van der Waals surface area contributed by atoms with Gasteiger partial charge in [0.15, 0.2) is 5.78 Å². The zero-order chi connectivity index (χ0) is 29.3. The molecule has 0 unspecified atom stereocenters. The van der Waals surface area contributed by atoms with Crippen LogP contribution in [-0.4, -0.2) is 41.1 Å². The molecule has 1 saturated heterocycles. The van der Waals surface area contributed by atoms with E-state index in [-0.39, 0.29) is 17.6 Å². The first-order chi connectivity index (χ1) is 20.5. The Balaban J connectivity index is 1.29. The molecule has 7 heteroatoms. The average Bonchev–Trinajstić information content (AvgIpc) is 3.03. The molecule has 3 N–H and O–H groups in total. The first kappa shape index (κ1) is 28.8. The number of ketones is 1. The summed E-state index contributed by atoms with van der Waals surface area (Å²) in [6, 6.07) is 32.2. The minimum absolute atomic E-state index is 0.0594. The molecule has 42 heavy (non-hydrogen) atoms. The molecule has 5 rings (SSSR count). The summed E-state index contributed by atoms with van der Waals surface area (Å²) in [4.78, 5) is 41.6. The van der Waals surface area contributed by atoms with E-state index in [0.717, 1.165) is 29.7 Å². The van der Waals surface area contributed by atoms with Crippen LogP contribution in [0.2, 0.25) is 0 Å². The summed E-state index contributed by atoms with van der Waals surface area (Å²) in [6.07, 6.45) is 2.42. The van der Waals surface area contributed by atoms with Gasteiger partial charge in [-0.3, -0.25) is 14.4 Å². The van der Waals surface area contributed by atoms with E-state index in [4.69, 9.17) is 10.5 Å². The van der Waals surface area contributed by atoms with Crippen LogP contribution in [0, 0.1) is 0 Å². The lowest BCUT2D eigenvalue weighted by Gasteiger charge is -2.39. The largest absolute Gasteiger partial charge is 0.457 e. The molecule has 0 saturated carbocycles. The van der Waals surface area contributed by atoms with Crippen LogP contribution in [-0.2, 0) is 22.6 Å². The Labute approximate surface area is 246 Å². The lowest BCUT2D eigenvalue weighted by molar-refractivity contribution is -0.150. The fourth-order valence-corrected chi connectivity index (χ4v) is 5.19. The Bertz CT molecular complexity index is 1490. The predicted molar refractivity (Wildman–Crippen MR) is 162 cm³/mol. The van der Waals surface area contributed by atoms with Crippen LogP contribution in [0.5, 0.6) is 11.5 Å². The second kappa shape index (κ2) is 13.7. The molecule has 0 radical (unpaired) electrons. The first-order valence-corrected chi connectivity index (χ1v) is 14.3. The van der Waals surface area contributed by atoms with Gasteiger partial charge in [0, 0.05) is 24.1 Å². The number of piperazine rings is 1. The summed E-state index contributed by atoms with van der Waals surface area (Å²) in [5.41, 5.74) is 8.66. The number of nitrogens with one attached hydrogen (secondary N) is 1. The lowest BCUT2D eigenvalue weighted by Crippen LogP contribution is -2.63. The van der Waals surface area contributed by atoms with Gasteiger partial charge in [-0.05, 0) is 61.2 Å². The Morgan fingerprint density at radius 2 is 1.33 bits per heavy atom. The van der Waals surface area contributed by atoms with Crippen LogP contribution in [0.1, 0.15) is 46.3 Å². The highest BCUT2D eigenvalue weighted by atomic mass is 16.5. The molecule has 2 atom stereocenters. The fraction of sp³-hybridized carbons (Fsp3) is 0.229. The summed E-state index contributed by atoms with van der Waals surface area (Å²) >= 11 is 0. The highest BCUT2D eigenvalue weighted by Crippen LogP contribution is 2.25. The standard InChI is InChI=1S/C35H35N3O4/c36-22-8-7-13-32-34(40)37-31(23-25-14-18-28(19-15-25)33(39)27-9-3-1-4-10-27)35(41)38(32)24-26-16-20-30(21-17-26)42-29-11-5-2-6-12-29/h1-6,9-12,14-21,31-32H,7-8,13,22-24,36H2,(H,37,40)/t31-,32-/m0/s1. The van der Waals surface area contributed by atoms with Gasteiger partial charge in [-0.2, -0.15) is 0 Å². The quantitative estimate of drug-likeness (QED) is 0.181. The van der Waals surface area contributed by atoms with Crippen molar-refractivity contribution in [1.29, 1.82) is 0 Å². The highest BCUT2D eigenvalue weighted by molar-refractivity contribution is 6.09. The molecule has 214 valence electrons. The first-order valence-electron chi connectivity index (χ1n) is 14.3. The third kappa shape index (κ3) is 7.11. The maximum atomic E-state index is 13.8. The summed E-state index contributed by atoms with van der Waals surface area (Å²) < 4.78 is 5.90. The second-order valence-electron chi connectivity index (χ2n) is 10.5. The number of carbonyl (C=O) groups is 3. The molecule has 0 aliphatic carbocycles. The maximum Gasteiger partial charge on any atom is 0.246 e. The van der Waals surface area contributed by atoms with Crippen LogP contribution >= 0.6 is 0 Å². The number of benzene rings is 4. The van der Waals surface area contributed by atoms with E-state index in [1.807, 2.05) is 84.9 Å². The van der Waals surface area contributed by atoms with Gasteiger partial charge in [0.2, 0.25) is 11.8 Å². The van der Waals surface area contributed by atoms with Gasteiger partial charge in [0.1, 0.15) is 23.6 Å². The second-order valence-corrected chi connectivity index (χ2v) is 10.5. The summed E-state index contributed by atoms with van der Waals surface area (Å²) in [6.45, 7) is 0.850. The number of ether oxygens (including phenoxy) is 1. The van der Waals surface area contributed by atoms with Gasteiger partial charge in [-0.1, -0.05) is 84.9 Å². The van der Waals surface area contributed by atoms with Crippen molar-refractivity contribution >= 4 is 17.6 Å². The van der Waals surface area contributed by atoms with E-state index in [9.17, 15) is 14.4 Å². The molecule has 4 aromatic rings. The van der Waals surface area contributed by atoms with Crippen molar-refractivity contribution in [3.8, 4) is 11.5 Å². The molecule has 2 amide bonds. The Kier molecular flexibility index (Phi) is 9.41. The molecule has 1 fully saturated rings. The SMILES string of the molecule is NCCCC[C@H]1C(=O)N[C@@H](Cc2ccc(C(=O)c3ccccc3)cc2)C(=O)N1Cc1ccc(Oc2ccccc2)cc1. The van der Waals surface area contributed by atoms with Gasteiger partial charge in [0.25, 0.3) is 0 Å². The minimum atomic E-state index is -0.695. The van der Waals surface area contributed by atoms with Crippen molar-refractivity contribution in [2.75, 3.05) is 6.54 Å². The molecular formula is C35H35N3O4. The van der Waals surface area contributed by atoms with Gasteiger partial charge >= 0.3 is 0 Å². The molecule has 0 spiro atoms. The average molecular weight is 562 g/mol. The number of nitrogens with two attached hydrogens (primary N) is 1. The summed E-state index contributed by atoms with van der Waals surface area (Å²) in [7, 11) is 0. The van der Waals surface area contributed by atoms with Crippen molar-refractivity contribution < 1.29 is 19.1 Å². The molecule has 4 aromatic carbocycles. The maximum absolute atomic E-state index is 13.8. The third-order valence-corrected chi connectivity index (χ3v) is 7.46. The zero-order valence-corrected chi connectivity index (χ0v) is 23.4. The van der Waals surface area contributed by atoms with Gasteiger partial charge in [0.05, 0.1) is 0 Å². The van der Waals surface area contributed by atoms with Crippen molar-refractivity contribution in [2.24, 2.45) is 5.73 Å². The van der Waals surface area contributed by atoms with Crippen LogP contribution in [0.3, 0.4) is 0 Å². The number of hydrogen-bond donors (Lipinski definition) is 2. The van der Waals surface area contributed by atoms with E-state index < -0.39 is 12.1 Å².